The van der Waals surface area contributed by atoms with Crippen molar-refractivity contribution in [3.8, 4) is 0 Å². The zero-order chi connectivity index (χ0) is 13.7. The third-order valence-corrected chi connectivity index (χ3v) is 2.29. The Labute approximate surface area is 105 Å². The lowest BCUT2D eigenvalue weighted by Crippen LogP contribution is -2.25. The van der Waals surface area contributed by atoms with E-state index in [1.165, 1.54) is 19.4 Å². The number of aromatic nitrogens is 1. The van der Waals surface area contributed by atoms with Crippen LogP contribution in [0.25, 0.3) is 0 Å². The summed E-state index contributed by atoms with van der Waals surface area (Å²) in [5.74, 6) is -0.648. The molecule has 0 spiro atoms. The van der Waals surface area contributed by atoms with Crippen LogP contribution >= 0.6 is 0 Å². The smallest absolute Gasteiger partial charge is 0.340 e. The number of carbonyl (C=O) groups excluding carboxylic acids is 2. The van der Waals surface area contributed by atoms with E-state index in [0.29, 0.717) is 5.82 Å². The van der Waals surface area contributed by atoms with Crippen LogP contribution in [0.3, 0.4) is 0 Å². The van der Waals surface area contributed by atoms with Gasteiger partial charge in [0.15, 0.2) is 0 Å². The predicted molar refractivity (Wildman–Crippen MR) is 66.9 cm³/mol. The van der Waals surface area contributed by atoms with Crippen LogP contribution in [0.1, 0.15) is 23.7 Å². The molecule has 0 aliphatic heterocycles. The van der Waals surface area contributed by atoms with E-state index in [1.807, 2.05) is 0 Å². The van der Waals surface area contributed by atoms with Gasteiger partial charge in [0.05, 0.1) is 18.4 Å². The number of pyridine rings is 1. The molecule has 0 saturated heterocycles. The lowest BCUT2D eigenvalue weighted by Gasteiger charge is -2.15. The molecule has 0 fully saturated rings. The van der Waals surface area contributed by atoms with Crippen molar-refractivity contribution in [2.75, 3.05) is 18.2 Å². The minimum Gasteiger partial charge on any atom is -0.465 e. The second-order valence-electron chi connectivity index (χ2n) is 3.83. The third kappa shape index (κ3) is 3.34. The number of nitrogens with one attached hydrogen (secondary N) is 1. The Morgan fingerprint density at radius 3 is 2.78 bits per heavy atom. The van der Waals surface area contributed by atoms with Crippen molar-refractivity contribution in [2.24, 2.45) is 5.73 Å². The van der Waals surface area contributed by atoms with Crippen molar-refractivity contribution in [2.45, 2.75) is 19.4 Å². The number of rotatable bonds is 5. The number of anilines is 2. The fourth-order valence-corrected chi connectivity index (χ4v) is 1.46. The number of ether oxygens (including phenoxy) is 1. The van der Waals surface area contributed by atoms with Gasteiger partial charge in [0.2, 0.25) is 5.91 Å². The third-order valence-electron chi connectivity index (χ3n) is 2.29. The van der Waals surface area contributed by atoms with E-state index in [9.17, 15) is 9.59 Å². The molecule has 1 heterocycles. The highest BCUT2D eigenvalue weighted by molar-refractivity contribution is 5.97. The summed E-state index contributed by atoms with van der Waals surface area (Å²) >= 11 is 0. The lowest BCUT2D eigenvalue weighted by molar-refractivity contribution is -0.118. The van der Waals surface area contributed by atoms with Crippen molar-refractivity contribution in [1.29, 1.82) is 0 Å². The van der Waals surface area contributed by atoms with Crippen LogP contribution < -0.4 is 16.8 Å². The Morgan fingerprint density at radius 2 is 2.22 bits per heavy atom. The predicted octanol–water partition coefficient (Wildman–Crippen LogP) is 0.126. The number of hydrogen-bond donors (Lipinski definition) is 3. The molecule has 18 heavy (non-hydrogen) atoms. The van der Waals surface area contributed by atoms with Gasteiger partial charge >= 0.3 is 5.97 Å². The number of esters is 1. The number of carbonyl (C=O) groups is 2. The molecule has 0 radical (unpaired) electrons. The fourth-order valence-electron chi connectivity index (χ4n) is 1.46. The van der Waals surface area contributed by atoms with Gasteiger partial charge in [-0.25, -0.2) is 9.78 Å². The van der Waals surface area contributed by atoms with Crippen LogP contribution in [0, 0.1) is 0 Å². The molecule has 0 bridgehead atoms. The number of amides is 1. The molecule has 0 saturated carbocycles. The number of nitrogens with two attached hydrogens (primary N) is 2. The lowest BCUT2D eigenvalue weighted by atomic mass is 10.2. The molecule has 1 atom stereocenters. The largest absolute Gasteiger partial charge is 0.465 e. The number of nitrogen functional groups attached to an aromatic ring is 1. The molecule has 0 aliphatic carbocycles. The molecular weight excluding hydrogens is 236 g/mol. The van der Waals surface area contributed by atoms with Gasteiger partial charge < -0.3 is 21.5 Å². The second-order valence-corrected chi connectivity index (χ2v) is 3.83. The topological polar surface area (TPSA) is 120 Å². The van der Waals surface area contributed by atoms with Gasteiger partial charge in [-0.2, -0.15) is 0 Å². The summed E-state index contributed by atoms with van der Waals surface area (Å²) in [6.45, 7) is 1.76. The van der Waals surface area contributed by atoms with Crippen molar-refractivity contribution in [1.82, 2.24) is 4.98 Å². The minimum atomic E-state index is -0.541. The van der Waals surface area contributed by atoms with Crippen molar-refractivity contribution >= 4 is 23.4 Å². The molecule has 1 amide bonds. The summed E-state index contributed by atoms with van der Waals surface area (Å²) in [5.41, 5.74) is 11.3. The molecule has 1 unspecified atom stereocenters. The maximum atomic E-state index is 11.4. The fraction of sp³-hybridized carbons (Fsp3) is 0.364. The number of methoxy groups -OCH3 is 1. The Bertz CT molecular complexity index is 462. The highest BCUT2D eigenvalue weighted by Crippen LogP contribution is 2.21. The summed E-state index contributed by atoms with van der Waals surface area (Å²) in [5, 5.41) is 2.92. The summed E-state index contributed by atoms with van der Waals surface area (Å²) in [7, 11) is 1.27. The van der Waals surface area contributed by atoms with Crippen LogP contribution in [0.2, 0.25) is 0 Å². The zero-order valence-corrected chi connectivity index (χ0v) is 10.3. The van der Waals surface area contributed by atoms with Crippen molar-refractivity contribution in [3.05, 3.63) is 17.8 Å². The Balaban J connectivity index is 2.90. The SMILES string of the molecule is COC(=O)c1ccnc(NC(C)CC(N)=O)c1N. The first kappa shape index (κ1) is 13.8. The number of primary amides is 1. The molecule has 98 valence electrons. The summed E-state index contributed by atoms with van der Waals surface area (Å²) in [6.07, 6.45) is 1.57. The molecule has 0 aromatic carbocycles. The van der Waals surface area contributed by atoms with Gasteiger partial charge in [0.1, 0.15) is 5.82 Å². The highest BCUT2D eigenvalue weighted by atomic mass is 16.5. The van der Waals surface area contributed by atoms with E-state index in [1.54, 1.807) is 6.92 Å². The Morgan fingerprint density at radius 1 is 1.56 bits per heavy atom. The molecular formula is C11H16N4O3. The quantitative estimate of drug-likeness (QED) is 0.640. The summed E-state index contributed by atoms with van der Waals surface area (Å²) in [4.78, 5) is 26.2. The van der Waals surface area contributed by atoms with Crippen molar-refractivity contribution in [3.63, 3.8) is 0 Å². The average Bonchev–Trinajstić information content (AvgIpc) is 2.30. The molecule has 1 aromatic rings. The average molecular weight is 252 g/mol. The number of hydrogen-bond acceptors (Lipinski definition) is 6. The monoisotopic (exact) mass is 252 g/mol. The van der Waals surface area contributed by atoms with Gasteiger partial charge in [-0.15, -0.1) is 0 Å². The van der Waals surface area contributed by atoms with Crippen molar-refractivity contribution < 1.29 is 14.3 Å². The Hall–Kier alpha value is -2.31. The molecule has 1 aromatic heterocycles. The van der Waals surface area contributed by atoms with E-state index in [-0.39, 0.29) is 23.7 Å². The number of nitrogens with zero attached hydrogens (tertiary/aromatic N) is 1. The van der Waals surface area contributed by atoms with E-state index < -0.39 is 11.9 Å². The maximum Gasteiger partial charge on any atom is 0.340 e. The highest BCUT2D eigenvalue weighted by Gasteiger charge is 2.15. The molecule has 1 rings (SSSR count). The molecule has 7 nitrogen and oxygen atoms in total. The maximum absolute atomic E-state index is 11.4. The van der Waals surface area contributed by atoms with Gasteiger partial charge in [-0.3, -0.25) is 4.79 Å². The van der Waals surface area contributed by atoms with Crippen LogP contribution in [-0.4, -0.2) is 30.0 Å². The summed E-state index contributed by atoms with van der Waals surface area (Å²) in [6, 6.07) is 1.23. The first-order valence-corrected chi connectivity index (χ1v) is 5.33. The van der Waals surface area contributed by atoms with E-state index in [4.69, 9.17) is 11.5 Å². The van der Waals surface area contributed by atoms with Crippen LogP contribution in [-0.2, 0) is 9.53 Å². The first-order valence-electron chi connectivity index (χ1n) is 5.33. The van der Waals surface area contributed by atoms with E-state index >= 15 is 0 Å². The van der Waals surface area contributed by atoms with Gasteiger partial charge in [-0.05, 0) is 13.0 Å². The van der Waals surface area contributed by atoms with Gasteiger partial charge in [0, 0.05) is 18.7 Å². The molecule has 7 heteroatoms. The Kier molecular flexibility index (Phi) is 4.47. The zero-order valence-electron chi connectivity index (χ0n) is 10.3. The minimum absolute atomic E-state index is 0.142. The second kappa shape index (κ2) is 5.85. The van der Waals surface area contributed by atoms with E-state index in [2.05, 4.69) is 15.0 Å². The molecule has 5 N–H and O–H groups in total. The summed E-state index contributed by atoms with van der Waals surface area (Å²) < 4.78 is 4.59. The van der Waals surface area contributed by atoms with E-state index in [0.717, 1.165) is 0 Å². The standard InChI is InChI=1S/C11H16N4O3/c1-6(5-8(12)16)15-10-9(13)7(3-4-14-10)11(17)18-2/h3-4,6H,5,13H2,1-2H3,(H2,12,16)(H,14,15). The van der Waals surface area contributed by atoms with Crippen LogP contribution in [0.4, 0.5) is 11.5 Å². The van der Waals surface area contributed by atoms with Gasteiger partial charge in [-0.1, -0.05) is 0 Å². The first-order chi connectivity index (χ1) is 8.45. The normalized spacial score (nSPS) is 11.7. The molecule has 0 aliphatic rings. The van der Waals surface area contributed by atoms with Crippen LogP contribution in [0.15, 0.2) is 12.3 Å². The van der Waals surface area contributed by atoms with Gasteiger partial charge in [0.25, 0.3) is 0 Å². The van der Waals surface area contributed by atoms with Crippen LogP contribution in [0.5, 0.6) is 0 Å².